The van der Waals surface area contributed by atoms with Crippen LogP contribution in [0, 0.1) is 0 Å². The van der Waals surface area contributed by atoms with Gasteiger partial charge in [-0.05, 0) is 32.5 Å². The Morgan fingerprint density at radius 2 is 2.16 bits per heavy atom. The van der Waals surface area contributed by atoms with Crippen molar-refractivity contribution in [2.75, 3.05) is 18.5 Å². The Morgan fingerprint density at radius 3 is 2.74 bits per heavy atom. The van der Waals surface area contributed by atoms with Crippen LogP contribution in [0.1, 0.15) is 19.4 Å². The van der Waals surface area contributed by atoms with Crippen LogP contribution in [0.2, 0.25) is 0 Å². The van der Waals surface area contributed by atoms with E-state index in [1.807, 2.05) is 19.2 Å². The third-order valence-corrected chi connectivity index (χ3v) is 3.25. The lowest BCUT2D eigenvalue weighted by Crippen LogP contribution is -2.64. The molecule has 102 valence electrons. The number of imide groups is 1. The molecule has 1 aromatic rings. The minimum absolute atomic E-state index is 0.136. The van der Waals surface area contributed by atoms with Gasteiger partial charge in [-0.15, -0.1) is 0 Å². The van der Waals surface area contributed by atoms with Crippen LogP contribution < -0.4 is 15.5 Å². The van der Waals surface area contributed by atoms with E-state index in [0.29, 0.717) is 5.82 Å². The van der Waals surface area contributed by atoms with Gasteiger partial charge in [0.05, 0.1) is 6.54 Å². The number of nitrogens with one attached hydrogen (secondary N) is 2. The number of hydrogen-bond acceptors (Lipinski definition) is 5. The highest BCUT2D eigenvalue weighted by atomic mass is 16.2. The normalized spacial score (nSPS) is 18.4. The summed E-state index contributed by atoms with van der Waals surface area (Å²) in [5.74, 6) is 0.0309. The Labute approximate surface area is 112 Å². The monoisotopic (exact) mass is 262 g/mol. The minimum Gasteiger partial charge on any atom is -0.333 e. The van der Waals surface area contributed by atoms with Gasteiger partial charge in [0.25, 0.3) is 5.91 Å². The van der Waals surface area contributed by atoms with E-state index >= 15 is 0 Å². The highest BCUT2D eigenvalue weighted by Gasteiger charge is 2.41. The van der Waals surface area contributed by atoms with E-state index in [-0.39, 0.29) is 18.4 Å². The van der Waals surface area contributed by atoms with E-state index in [9.17, 15) is 9.59 Å². The van der Waals surface area contributed by atoms with Crippen molar-refractivity contribution in [3.63, 3.8) is 0 Å². The topological polar surface area (TPSA) is 74.3 Å². The number of nitrogens with zero attached hydrogens (tertiary/aromatic N) is 2. The standard InChI is InChI=1S/C13H18N4O2/c1-13(2)12(19)16-11(18)8-17(13)10-5-4-9(6-14-3)7-15-10/h4-5,7,14H,6,8H2,1-3H3,(H,16,18,19). The number of anilines is 1. The molecule has 1 aliphatic rings. The first kappa shape index (κ1) is 13.5. The summed E-state index contributed by atoms with van der Waals surface area (Å²) >= 11 is 0. The molecule has 0 unspecified atom stereocenters. The molecule has 2 rings (SSSR count). The smallest absolute Gasteiger partial charge is 0.251 e. The van der Waals surface area contributed by atoms with E-state index in [4.69, 9.17) is 0 Å². The maximum Gasteiger partial charge on any atom is 0.251 e. The Morgan fingerprint density at radius 1 is 1.42 bits per heavy atom. The van der Waals surface area contributed by atoms with Gasteiger partial charge in [0.2, 0.25) is 5.91 Å². The summed E-state index contributed by atoms with van der Waals surface area (Å²) in [6.07, 6.45) is 1.75. The highest BCUT2D eigenvalue weighted by molar-refractivity contribution is 6.06. The number of carbonyl (C=O) groups excluding carboxylic acids is 2. The maximum atomic E-state index is 11.9. The van der Waals surface area contributed by atoms with Crippen LogP contribution in [0.3, 0.4) is 0 Å². The minimum atomic E-state index is -0.786. The quantitative estimate of drug-likeness (QED) is 0.753. The van der Waals surface area contributed by atoms with Gasteiger partial charge in [-0.3, -0.25) is 14.9 Å². The van der Waals surface area contributed by atoms with E-state index in [1.54, 1.807) is 24.9 Å². The van der Waals surface area contributed by atoms with Gasteiger partial charge < -0.3 is 10.2 Å². The average molecular weight is 262 g/mol. The number of pyridine rings is 1. The van der Waals surface area contributed by atoms with Crippen LogP contribution in [0.4, 0.5) is 5.82 Å². The zero-order valence-electron chi connectivity index (χ0n) is 11.4. The molecule has 0 atom stereocenters. The summed E-state index contributed by atoms with van der Waals surface area (Å²) in [6.45, 7) is 4.42. The van der Waals surface area contributed by atoms with Crippen LogP contribution in [-0.2, 0) is 16.1 Å². The van der Waals surface area contributed by atoms with Gasteiger partial charge in [0.15, 0.2) is 0 Å². The van der Waals surface area contributed by atoms with Crippen molar-refractivity contribution in [1.29, 1.82) is 0 Å². The first-order valence-corrected chi connectivity index (χ1v) is 6.16. The average Bonchev–Trinajstić information content (AvgIpc) is 2.36. The van der Waals surface area contributed by atoms with Crippen molar-refractivity contribution >= 4 is 17.6 Å². The third-order valence-electron chi connectivity index (χ3n) is 3.25. The predicted molar refractivity (Wildman–Crippen MR) is 71.6 cm³/mol. The fourth-order valence-electron chi connectivity index (χ4n) is 2.04. The van der Waals surface area contributed by atoms with Gasteiger partial charge in [-0.2, -0.15) is 0 Å². The lowest BCUT2D eigenvalue weighted by molar-refractivity contribution is -0.135. The summed E-state index contributed by atoms with van der Waals surface area (Å²) in [6, 6.07) is 3.77. The zero-order valence-corrected chi connectivity index (χ0v) is 11.4. The molecule has 1 saturated heterocycles. The molecule has 1 aromatic heterocycles. The van der Waals surface area contributed by atoms with Crippen molar-refractivity contribution in [2.24, 2.45) is 0 Å². The molecular formula is C13H18N4O2. The summed E-state index contributed by atoms with van der Waals surface area (Å²) in [7, 11) is 1.87. The van der Waals surface area contributed by atoms with Gasteiger partial charge >= 0.3 is 0 Å². The molecule has 6 nitrogen and oxygen atoms in total. The first-order chi connectivity index (χ1) is 8.95. The Hall–Kier alpha value is -1.95. The molecule has 1 aliphatic heterocycles. The molecule has 0 radical (unpaired) electrons. The lowest BCUT2D eigenvalue weighted by atomic mass is 9.98. The summed E-state index contributed by atoms with van der Waals surface area (Å²) < 4.78 is 0. The van der Waals surface area contributed by atoms with Gasteiger partial charge in [-0.25, -0.2) is 4.98 Å². The Kier molecular flexibility index (Phi) is 3.53. The van der Waals surface area contributed by atoms with Crippen LogP contribution in [0.5, 0.6) is 0 Å². The number of hydrogen-bond donors (Lipinski definition) is 2. The molecule has 0 spiro atoms. The van der Waals surface area contributed by atoms with Crippen molar-refractivity contribution in [3.05, 3.63) is 23.9 Å². The molecular weight excluding hydrogens is 244 g/mol. The lowest BCUT2D eigenvalue weighted by Gasteiger charge is -2.40. The van der Waals surface area contributed by atoms with E-state index in [2.05, 4.69) is 15.6 Å². The second-order valence-electron chi connectivity index (χ2n) is 5.08. The number of carbonyl (C=O) groups is 2. The number of rotatable bonds is 3. The van der Waals surface area contributed by atoms with Gasteiger partial charge in [0.1, 0.15) is 11.4 Å². The van der Waals surface area contributed by atoms with Gasteiger partial charge in [0, 0.05) is 12.7 Å². The highest BCUT2D eigenvalue weighted by Crippen LogP contribution is 2.24. The number of amides is 2. The van der Waals surface area contributed by atoms with E-state index in [0.717, 1.165) is 12.1 Å². The molecule has 0 aliphatic carbocycles. The maximum absolute atomic E-state index is 11.9. The van der Waals surface area contributed by atoms with Crippen LogP contribution in [-0.4, -0.2) is 35.9 Å². The molecule has 19 heavy (non-hydrogen) atoms. The summed E-state index contributed by atoms with van der Waals surface area (Å²) in [5, 5.41) is 5.39. The third kappa shape index (κ3) is 2.58. The molecule has 1 fully saturated rings. The number of aromatic nitrogens is 1. The van der Waals surface area contributed by atoms with Crippen LogP contribution in [0.25, 0.3) is 0 Å². The molecule has 2 heterocycles. The van der Waals surface area contributed by atoms with Crippen molar-refractivity contribution in [2.45, 2.75) is 25.9 Å². The van der Waals surface area contributed by atoms with Crippen molar-refractivity contribution in [1.82, 2.24) is 15.6 Å². The molecule has 0 aromatic carbocycles. The summed E-state index contributed by atoms with van der Waals surface area (Å²) in [5.41, 5.74) is 0.266. The second-order valence-corrected chi connectivity index (χ2v) is 5.08. The molecule has 2 amide bonds. The Bertz CT molecular complexity index is 496. The zero-order chi connectivity index (χ0) is 14.0. The Balaban J connectivity index is 2.28. The summed E-state index contributed by atoms with van der Waals surface area (Å²) in [4.78, 5) is 29.4. The molecule has 0 saturated carbocycles. The van der Waals surface area contributed by atoms with Crippen LogP contribution >= 0.6 is 0 Å². The first-order valence-electron chi connectivity index (χ1n) is 6.16. The van der Waals surface area contributed by atoms with Crippen molar-refractivity contribution < 1.29 is 9.59 Å². The van der Waals surface area contributed by atoms with Gasteiger partial charge in [-0.1, -0.05) is 6.07 Å². The molecule has 0 bridgehead atoms. The SMILES string of the molecule is CNCc1ccc(N2CC(=O)NC(=O)C2(C)C)nc1. The van der Waals surface area contributed by atoms with Crippen molar-refractivity contribution in [3.8, 4) is 0 Å². The fraction of sp³-hybridized carbons (Fsp3) is 0.462. The van der Waals surface area contributed by atoms with E-state index < -0.39 is 5.54 Å². The van der Waals surface area contributed by atoms with Crippen LogP contribution in [0.15, 0.2) is 18.3 Å². The molecule has 2 N–H and O–H groups in total. The number of piperazine rings is 1. The second kappa shape index (κ2) is 4.97. The van der Waals surface area contributed by atoms with E-state index in [1.165, 1.54) is 0 Å². The fourth-order valence-corrected chi connectivity index (χ4v) is 2.04. The largest absolute Gasteiger partial charge is 0.333 e. The predicted octanol–water partition coefficient (Wildman–Crippen LogP) is 0.0424. The molecule has 6 heteroatoms.